The molecule has 2 amide bonds. The molecule has 1 aromatic rings. The normalized spacial score (nSPS) is 11.0. The molecular formula is C15H18N2O4. The van der Waals surface area contributed by atoms with Gasteiger partial charge in [-0.1, -0.05) is 0 Å². The van der Waals surface area contributed by atoms with Crippen LogP contribution in [0, 0.1) is 0 Å². The first-order valence-electron chi connectivity index (χ1n) is 6.27. The minimum Gasteiger partial charge on any atom is -0.323 e. The molecular weight excluding hydrogens is 272 g/mol. The summed E-state index contributed by atoms with van der Waals surface area (Å²) in [6.07, 6.45) is 1.19. The molecule has 0 radical (unpaired) electrons. The molecule has 0 aromatic heterocycles. The van der Waals surface area contributed by atoms with E-state index in [9.17, 15) is 14.4 Å². The van der Waals surface area contributed by atoms with E-state index in [0.717, 1.165) is 5.06 Å². The Morgan fingerprint density at radius 1 is 1.14 bits per heavy atom. The summed E-state index contributed by atoms with van der Waals surface area (Å²) in [5, 5.41) is 3.64. The highest BCUT2D eigenvalue weighted by Gasteiger charge is 2.11. The summed E-state index contributed by atoms with van der Waals surface area (Å²) in [6, 6.07) is 6.50. The lowest BCUT2D eigenvalue weighted by molar-refractivity contribution is -0.163. The van der Waals surface area contributed by atoms with Crippen LogP contribution in [0.2, 0.25) is 0 Å². The molecule has 0 fully saturated rings. The average molecular weight is 290 g/mol. The van der Waals surface area contributed by atoms with Crippen LogP contribution in [0.15, 0.2) is 35.9 Å². The number of rotatable bonds is 5. The van der Waals surface area contributed by atoms with Crippen molar-refractivity contribution in [1.29, 1.82) is 0 Å². The van der Waals surface area contributed by atoms with Gasteiger partial charge in [-0.25, -0.2) is 5.06 Å². The standard InChI is InChI=1S/C15H18N2O4/c1-10(15(20)17(3)21-4)9-14(19)16-13-7-5-12(6-8-13)11(2)18/h5-9H,1-4H3,(H,16,19)/b10-9+. The van der Waals surface area contributed by atoms with Crippen LogP contribution in [0.4, 0.5) is 5.69 Å². The van der Waals surface area contributed by atoms with E-state index in [1.54, 1.807) is 24.3 Å². The SMILES string of the molecule is CON(C)C(=O)/C(C)=C/C(=O)Nc1ccc(C(C)=O)cc1. The first-order valence-corrected chi connectivity index (χ1v) is 6.27. The van der Waals surface area contributed by atoms with Gasteiger partial charge in [0.25, 0.3) is 5.91 Å². The van der Waals surface area contributed by atoms with Crippen LogP contribution in [0.25, 0.3) is 0 Å². The molecule has 1 rings (SSSR count). The van der Waals surface area contributed by atoms with E-state index in [1.807, 2.05) is 0 Å². The molecule has 0 saturated carbocycles. The van der Waals surface area contributed by atoms with Gasteiger partial charge in [0.15, 0.2) is 5.78 Å². The van der Waals surface area contributed by atoms with Crippen LogP contribution in [0.3, 0.4) is 0 Å². The summed E-state index contributed by atoms with van der Waals surface area (Å²) in [5.74, 6) is -0.877. The maximum atomic E-state index is 11.8. The lowest BCUT2D eigenvalue weighted by Gasteiger charge is -2.13. The van der Waals surface area contributed by atoms with Crippen LogP contribution in [-0.2, 0) is 14.4 Å². The summed E-state index contributed by atoms with van der Waals surface area (Å²) < 4.78 is 0. The number of ketones is 1. The Hall–Kier alpha value is -2.47. The molecule has 0 atom stereocenters. The Kier molecular flexibility index (Phi) is 5.80. The van der Waals surface area contributed by atoms with Gasteiger partial charge in [0.1, 0.15) is 0 Å². The second-order valence-corrected chi connectivity index (χ2v) is 4.44. The van der Waals surface area contributed by atoms with Gasteiger partial charge in [-0.05, 0) is 38.1 Å². The van der Waals surface area contributed by atoms with Gasteiger partial charge < -0.3 is 5.32 Å². The van der Waals surface area contributed by atoms with E-state index in [1.165, 1.54) is 34.1 Å². The van der Waals surface area contributed by atoms with E-state index in [4.69, 9.17) is 4.84 Å². The van der Waals surface area contributed by atoms with Gasteiger partial charge in [0, 0.05) is 29.9 Å². The lowest BCUT2D eigenvalue weighted by atomic mass is 10.1. The Bertz CT molecular complexity index is 576. The van der Waals surface area contributed by atoms with Crippen molar-refractivity contribution in [2.75, 3.05) is 19.5 Å². The van der Waals surface area contributed by atoms with Crippen LogP contribution in [0.1, 0.15) is 24.2 Å². The number of benzene rings is 1. The summed E-state index contributed by atoms with van der Waals surface area (Å²) in [4.78, 5) is 39.4. The second-order valence-electron chi connectivity index (χ2n) is 4.44. The van der Waals surface area contributed by atoms with Crippen molar-refractivity contribution in [1.82, 2.24) is 5.06 Å². The molecule has 0 heterocycles. The fourth-order valence-corrected chi connectivity index (χ4v) is 1.56. The molecule has 0 bridgehead atoms. The smallest absolute Gasteiger partial charge is 0.272 e. The summed E-state index contributed by atoms with van der Waals surface area (Å²) >= 11 is 0. The highest BCUT2D eigenvalue weighted by molar-refractivity contribution is 6.05. The third-order valence-corrected chi connectivity index (χ3v) is 2.80. The number of anilines is 1. The minimum atomic E-state index is -0.430. The number of hydrogen-bond acceptors (Lipinski definition) is 4. The molecule has 0 aliphatic heterocycles. The van der Waals surface area contributed by atoms with Gasteiger partial charge in [-0.15, -0.1) is 0 Å². The van der Waals surface area contributed by atoms with E-state index < -0.39 is 11.8 Å². The molecule has 0 saturated heterocycles. The van der Waals surface area contributed by atoms with Crippen molar-refractivity contribution in [2.45, 2.75) is 13.8 Å². The van der Waals surface area contributed by atoms with Gasteiger partial charge in [-0.3, -0.25) is 19.2 Å². The molecule has 1 N–H and O–H groups in total. The summed E-state index contributed by atoms with van der Waals surface area (Å²) in [7, 11) is 2.82. The molecule has 0 aliphatic carbocycles. The largest absolute Gasteiger partial charge is 0.323 e. The van der Waals surface area contributed by atoms with Crippen molar-refractivity contribution in [3.05, 3.63) is 41.5 Å². The summed E-state index contributed by atoms with van der Waals surface area (Å²) in [5.41, 5.74) is 1.36. The molecule has 21 heavy (non-hydrogen) atoms. The molecule has 0 aliphatic rings. The number of Topliss-reactive ketones (excluding diaryl/α,β-unsaturated/α-hetero) is 1. The van der Waals surface area contributed by atoms with E-state index in [-0.39, 0.29) is 11.4 Å². The van der Waals surface area contributed by atoms with Crippen LogP contribution < -0.4 is 5.32 Å². The van der Waals surface area contributed by atoms with Crippen molar-refractivity contribution < 1.29 is 19.2 Å². The van der Waals surface area contributed by atoms with E-state index in [0.29, 0.717) is 11.3 Å². The number of hydroxylamine groups is 2. The van der Waals surface area contributed by atoms with Crippen molar-refractivity contribution in [2.24, 2.45) is 0 Å². The Morgan fingerprint density at radius 2 is 1.71 bits per heavy atom. The maximum absolute atomic E-state index is 11.8. The molecule has 1 aromatic carbocycles. The van der Waals surface area contributed by atoms with Crippen LogP contribution >= 0.6 is 0 Å². The summed E-state index contributed by atoms with van der Waals surface area (Å²) in [6.45, 7) is 2.99. The minimum absolute atomic E-state index is 0.0446. The number of carbonyl (C=O) groups excluding carboxylic acids is 3. The quantitative estimate of drug-likeness (QED) is 0.509. The number of carbonyl (C=O) groups is 3. The zero-order valence-corrected chi connectivity index (χ0v) is 12.5. The topological polar surface area (TPSA) is 75.7 Å². The van der Waals surface area contributed by atoms with E-state index in [2.05, 4.69) is 5.32 Å². The third-order valence-electron chi connectivity index (χ3n) is 2.80. The highest BCUT2D eigenvalue weighted by Crippen LogP contribution is 2.10. The van der Waals surface area contributed by atoms with Gasteiger partial charge in [0.2, 0.25) is 5.91 Å². The molecule has 0 unspecified atom stereocenters. The van der Waals surface area contributed by atoms with Gasteiger partial charge in [-0.2, -0.15) is 0 Å². The number of hydrogen-bond donors (Lipinski definition) is 1. The van der Waals surface area contributed by atoms with Crippen LogP contribution in [0.5, 0.6) is 0 Å². The average Bonchev–Trinajstić information content (AvgIpc) is 2.45. The Morgan fingerprint density at radius 3 is 2.19 bits per heavy atom. The fourth-order valence-electron chi connectivity index (χ4n) is 1.56. The molecule has 112 valence electrons. The number of likely N-dealkylation sites (N-methyl/N-ethyl adjacent to an activating group) is 1. The Labute approximate surface area is 123 Å². The fraction of sp³-hybridized carbons (Fsp3) is 0.267. The highest BCUT2D eigenvalue weighted by atomic mass is 16.7. The van der Waals surface area contributed by atoms with Crippen molar-refractivity contribution >= 4 is 23.3 Å². The Balaban J connectivity index is 2.73. The zero-order chi connectivity index (χ0) is 16.0. The number of amides is 2. The zero-order valence-electron chi connectivity index (χ0n) is 12.5. The predicted octanol–water partition coefficient (Wildman–Crippen LogP) is 1.79. The predicted molar refractivity (Wildman–Crippen MR) is 78.6 cm³/mol. The first kappa shape index (κ1) is 16.6. The second kappa shape index (κ2) is 7.35. The number of nitrogens with one attached hydrogen (secondary N) is 1. The maximum Gasteiger partial charge on any atom is 0.272 e. The third kappa shape index (κ3) is 4.85. The first-order chi connectivity index (χ1) is 9.85. The van der Waals surface area contributed by atoms with E-state index >= 15 is 0 Å². The lowest BCUT2D eigenvalue weighted by Crippen LogP contribution is -2.26. The monoisotopic (exact) mass is 290 g/mol. The molecule has 6 heteroatoms. The van der Waals surface area contributed by atoms with Gasteiger partial charge >= 0.3 is 0 Å². The number of nitrogens with zero attached hydrogens (tertiary/aromatic N) is 1. The van der Waals surface area contributed by atoms with Gasteiger partial charge in [0.05, 0.1) is 7.11 Å². The molecule has 0 spiro atoms. The van der Waals surface area contributed by atoms with Crippen molar-refractivity contribution in [3.8, 4) is 0 Å². The van der Waals surface area contributed by atoms with Crippen molar-refractivity contribution in [3.63, 3.8) is 0 Å². The molecule has 6 nitrogen and oxygen atoms in total. The van der Waals surface area contributed by atoms with Crippen LogP contribution in [-0.4, -0.2) is 36.8 Å².